The molecule has 1 aromatic heterocycles. The van der Waals surface area contributed by atoms with Crippen molar-refractivity contribution in [1.82, 2.24) is 9.78 Å². The summed E-state index contributed by atoms with van der Waals surface area (Å²) >= 11 is 5.75. The van der Waals surface area contributed by atoms with E-state index in [1.807, 2.05) is 0 Å². The second-order valence-electron chi connectivity index (χ2n) is 6.10. The van der Waals surface area contributed by atoms with E-state index in [9.17, 15) is 35.8 Å². The van der Waals surface area contributed by atoms with E-state index >= 15 is 0 Å². The Bertz CT molecular complexity index is 1510. The maximum Gasteiger partial charge on any atom is 1.00 e. The molecule has 0 spiro atoms. The third-order valence-corrected chi connectivity index (χ3v) is 5.85. The van der Waals surface area contributed by atoms with Crippen LogP contribution in [0.15, 0.2) is 61.2 Å². The van der Waals surface area contributed by atoms with Gasteiger partial charge >= 0.3 is 59.1 Å². The number of H-pyrrole nitrogens is 1. The van der Waals surface area contributed by atoms with Gasteiger partial charge in [-0.2, -0.15) is 0 Å². The number of aromatic hydroxyl groups is 1. The number of benzene rings is 2. The van der Waals surface area contributed by atoms with Crippen molar-refractivity contribution in [2.24, 2.45) is 10.2 Å². The van der Waals surface area contributed by atoms with E-state index in [4.69, 9.17) is 11.6 Å². The summed E-state index contributed by atoms with van der Waals surface area (Å²) in [6.45, 7) is 1.44. The van der Waals surface area contributed by atoms with Gasteiger partial charge in [-0.15, -0.1) is 10.2 Å². The zero-order valence-electron chi connectivity index (χ0n) is 18.2. The molecule has 35 heavy (non-hydrogen) atoms. The van der Waals surface area contributed by atoms with Gasteiger partial charge in [0.1, 0.15) is 25.9 Å². The van der Waals surface area contributed by atoms with Crippen LogP contribution in [0.3, 0.4) is 0 Å². The fourth-order valence-corrected chi connectivity index (χ4v) is 3.95. The first kappa shape index (κ1) is 36.6. The number of hydrogen-bond acceptors (Lipinski definition) is 10. The number of azo groups is 1. The molecule has 3 rings (SSSR count). The van der Waals surface area contributed by atoms with E-state index in [1.54, 1.807) is 0 Å². The quantitative estimate of drug-likeness (QED) is 0.163. The zero-order valence-corrected chi connectivity index (χ0v) is 25.9. The minimum Gasteiger partial charge on any atom is -0.744 e. The topological polar surface area (TPSA) is 229 Å². The van der Waals surface area contributed by atoms with Crippen LogP contribution in [0, 0.1) is 6.92 Å². The molecule has 19 heteroatoms. The minimum atomic E-state index is -5.06. The predicted molar refractivity (Wildman–Crippen MR) is 108 cm³/mol. The van der Waals surface area contributed by atoms with Crippen LogP contribution in [-0.2, 0) is 37.6 Å². The summed E-state index contributed by atoms with van der Waals surface area (Å²) < 4.78 is 68.2. The van der Waals surface area contributed by atoms with Gasteiger partial charge in [0.05, 0.1) is 21.2 Å². The average molecular weight is 603 g/mol. The molecule has 0 aliphatic rings. The fourth-order valence-electron chi connectivity index (χ4n) is 2.55. The molecule has 0 fully saturated rings. The number of rotatable bonds is 5. The van der Waals surface area contributed by atoms with Gasteiger partial charge in [0.25, 0.3) is 5.56 Å². The number of phenolic OH excluding ortho intramolecular Hbond substituents is 1. The summed E-state index contributed by atoms with van der Waals surface area (Å²) in [5.74, 6) is -0.995. The summed E-state index contributed by atoms with van der Waals surface area (Å²) in [4.78, 5) is 11.1. The van der Waals surface area contributed by atoms with Gasteiger partial charge < -0.3 is 19.7 Å². The molecule has 0 radical (unpaired) electrons. The molecule has 0 aliphatic carbocycles. The van der Waals surface area contributed by atoms with Crippen LogP contribution < -0.4 is 64.7 Å². The van der Waals surface area contributed by atoms with Gasteiger partial charge in [-0.3, -0.25) is 9.89 Å². The van der Waals surface area contributed by atoms with Crippen LogP contribution in [0.4, 0.5) is 11.4 Å². The molecule has 0 aliphatic heterocycles. The number of aromatic amines is 1. The van der Waals surface area contributed by atoms with Gasteiger partial charge in [0, 0.05) is 22.4 Å². The van der Waals surface area contributed by atoms with E-state index < -0.39 is 47.0 Å². The maximum absolute atomic E-state index is 12.7. The molecule has 0 amide bonds. The number of aromatic nitrogens is 2. The van der Waals surface area contributed by atoms with Crippen molar-refractivity contribution < 1.29 is 113 Å². The van der Waals surface area contributed by atoms with Crippen molar-refractivity contribution >= 4 is 43.2 Å². The Balaban J connectivity index is 0. The largest absolute Gasteiger partial charge is 1.00 e. The Kier molecular flexibility index (Phi) is 14.5. The van der Waals surface area contributed by atoms with Crippen LogP contribution in [0.5, 0.6) is 5.75 Å². The number of aryl methyl sites for hydroxylation is 1. The molecule has 2 aromatic carbocycles. The van der Waals surface area contributed by atoms with Gasteiger partial charge in [0.15, 0.2) is 11.4 Å². The third kappa shape index (κ3) is 8.48. The molecule has 0 saturated carbocycles. The Labute approximate surface area is 259 Å². The molecule has 1 heterocycles. The molecule has 0 bridgehead atoms. The van der Waals surface area contributed by atoms with Crippen molar-refractivity contribution in [3.63, 3.8) is 0 Å². The molecule has 0 unspecified atom stereocenters. The van der Waals surface area contributed by atoms with E-state index in [1.165, 1.54) is 19.1 Å². The van der Waals surface area contributed by atoms with E-state index in [0.717, 1.165) is 28.9 Å². The average Bonchev–Trinajstić information content (AvgIpc) is 2.94. The third-order valence-electron chi connectivity index (χ3n) is 3.95. The molecule has 13 nitrogen and oxygen atoms in total. The van der Waals surface area contributed by atoms with Crippen molar-refractivity contribution in [2.45, 2.75) is 16.7 Å². The maximum atomic E-state index is 12.7. The van der Waals surface area contributed by atoms with Gasteiger partial charge in [-0.1, -0.05) is 17.7 Å². The monoisotopic (exact) mass is 602 g/mol. The van der Waals surface area contributed by atoms with Crippen LogP contribution in [0.2, 0.25) is 5.02 Å². The molecule has 0 saturated heterocycles. The SMILES string of the molecule is Cc1[nH]n(-c2cccc(S(=O)(=O)[O-])c2)c(=O)c1N=Nc1cc(Cl)cc(S(=O)(=O)[O-])c1O.O.[Cr].[Na+].[Na+]. The molecule has 3 aromatic rings. The number of nitrogens with one attached hydrogen (secondary N) is 1. The van der Waals surface area contributed by atoms with E-state index in [0.29, 0.717) is 0 Å². The Morgan fingerprint density at radius 3 is 2.17 bits per heavy atom. The number of phenols is 1. The fraction of sp³-hybridized carbons (Fsp3) is 0.0625. The van der Waals surface area contributed by atoms with Crippen LogP contribution in [-0.4, -0.2) is 46.3 Å². The minimum absolute atomic E-state index is 0. The van der Waals surface area contributed by atoms with Crippen LogP contribution in [0.25, 0.3) is 5.69 Å². The molecule has 178 valence electrons. The van der Waals surface area contributed by atoms with Crippen molar-refractivity contribution in [2.75, 3.05) is 0 Å². The summed E-state index contributed by atoms with van der Waals surface area (Å²) in [6, 6.07) is 6.44. The summed E-state index contributed by atoms with van der Waals surface area (Å²) in [5.41, 5.74) is -1.35. The first-order valence-electron chi connectivity index (χ1n) is 8.07. The van der Waals surface area contributed by atoms with E-state index in [-0.39, 0.29) is 104 Å². The second kappa shape index (κ2) is 13.8. The van der Waals surface area contributed by atoms with Crippen molar-refractivity contribution in [1.29, 1.82) is 0 Å². The van der Waals surface area contributed by atoms with Crippen LogP contribution in [0.1, 0.15) is 5.69 Å². The summed E-state index contributed by atoms with van der Waals surface area (Å²) in [6.07, 6.45) is 0. The zero-order chi connectivity index (χ0) is 23.1. The summed E-state index contributed by atoms with van der Waals surface area (Å²) in [5, 5.41) is 19.7. The van der Waals surface area contributed by atoms with Crippen molar-refractivity contribution in [3.8, 4) is 11.4 Å². The number of hydrogen-bond donors (Lipinski definition) is 2. The van der Waals surface area contributed by atoms with Gasteiger partial charge in [0.2, 0.25) is 0 Å². The van der Waals surface area contributed by atoms with Crippen molar-refractivity contribution in [3.05, 3.63) is 57.5 Å². The van der Waals surface area contributed by atoms with Gasteiger partial charge in [-0.05, 0) is 37.3 Å². The Hall–Kier alpha value is -0.548. The number of halogens is 1. The molecular formula is C16H13ClCrN4Na2O9S2. The normalized spacial score (nSPS) is 11.1. The number of nitrogens with zero attached hydrogens (tertiary/aromatic N) is 3. The molecule has 0 atom stereocenters. The summed E-state index contributed by atoms with van der Waals surface area (Å²) in [7, 11) is -9.82. The van der Waals surface area contributed by atoms with E-state index in [2.05, 4.69) is 15.3 Å². The Morgan fingerprint density at radius 1 is 1.03 bits per heavy atom. The smallest absolute Gasteiger partial charge is 0.744 e. The standard InChI is InChI=1S/C16H13ClN4O8S2.Cr.2Na.H2O/c1-8-14(19-18-12-5-9(17)6-13(15(12)22)31(27,28)29)16(23)21(20-8)10-3-2-4-11(7-10)30(24,25)26;;;;/h2-7,20,22H,1H3,(H,24,25,26)(H,27,28,29);;;;1H2/q;;2*+1;/p-2. The van der Waals surface area contributed by atoms with Gasteiger partial charge in [-0.25, -0.2) is 21.5 Å². The Morgan fingerprint density at radius 2 is 1.63 bits per heavy atom. The first-order valence-corrected chi connectivity index (χ1v) is 11.3. The first-order chi connectivity index (χ1) is 14.3. The second-order valence-corrected chi connectivity index (χ2v) is 9.27. The predicted octanol–water partition coefficient (Wildman–Crippen LogP) is -4.76. The molecular weight excluding hydrogens is 590 g/mol. The van der Waals surface area contributed by atoms with Crippen LogP contribution >= 0.6 is 11.6 Å². The molecule has 4 N–H and O–H groups in total.